The molecule has 0 saturated heterocycles. The number of thioether (sulfide) groups is 1. The highest BCUT2D eigenvalue weighted by Crippen LogP contribution is 2.21. The maximum absolute atomic E-state index is 4.38. The summed E-state index contributed by atoms with van der Waals surface area (Å²) in [6.07, 6.45) is 0. The summed E-state index contributed by atoms with van der Waals surface area (Å²) < 4.78 is 0.897. The first-order valence-electron chi connectivity index (χ1n) is 4.64. The fourth-order valence-corrected chi connectivity index (χ4v) is 2.41. The van der Waals surface area contributed by atoms with Crippen LogP contribution in [0.15, 0.2) is 58.0 Å². The average molecular weight is 280 g/mol. The van der Waals surface area contributed by atoms with Crippen LogP contribution in [-0.2, 0) is 5.75 Å². The van der Waals surface area contributed by atoms with Gasteiger partial charge in [0.15, 0.2) is 0 Å². The van der Waals surface area contributed by atoms with E-state index in [1.165, 1.54) is 4.90 Å². The van der Waals surface area contributed by atoms with Crippen LogP contribution in [0.2, 0.25) is 0 Å². The first-order valence-corrected chi connectivity index (χ1v) is 6.42. The van der Waals surface area contributed by atoms with Gasteiger partial charge in [-0.2, -0.15) is 0 Å². The van der Waals surface area contributed by atoms with Crippen molar-refractivity contribution in [3.05, 3.63) is 58.8 Å². The second-order valence-electron chi connectivity index (χ2n) is 3.05. The Hall–Kier alpha value is -0.800. The molecule has 0 bridgehead atoms. The third-order valence-electron chi connectivity index (χ3n) is 1.90. The minimum atomic E-state index is 0.897. The number of halogens is 1. The molecule has 3 heteroatoms. The largest absolute Gasteiger partial charge is 0.245 e. The molecule has 0 saturated carbocycles. The first-order chi connectivity index (χ1) is 7.34. The van der Waals surface area contributed by atoms with Crippen LogP contribution in [-0.4, -0.2) is 4.98 Å². The van der Waals surface area contributed by atoms with Crippen LogP contribution in [0.3, 0.4) is 0 Å². The third kappa shape index (κ3) is 3.36. The van der Waals surface area contributed by atoms with Crippen LogP contribution in [0.25, 0.3) is 0 Å². The van der Waals surface area contributed by atoms with Gasteiger partial charge in [-0.1, -0.05) is 24.3 Å². The topological polar surface area (TPSA) is 12.9 Å². The van der Waals surface area contributed by atoms with Crippen molar-refractivity contribution in [2.24, 2.45) is 0 Å². The lowest BCUT2D eigenvalue weighted by Crippen LogP contribution is -1.86. The highest BCUT2D eigenvalue weighted by molar-refractivity contribution is 9.10. The maximum Gasteiger partial charge on any atom is 0.106 e. The SMILES string of the molecule is Brc1cccc(CSc2ccccc2)n1. The Labute approximate surface area is 102 Å². The van der Waals surface area contributed by atoms with Gasteiger partial charge in [0.25, 0.3) is 0 Å². The van der Waals surface area contributed by atoms with E-state index in [1.807, 2.05) is 24.3 Å². The molecule has 2 rings (SSSR count). The van der Waals surface area contributed by atoms with Gasteiger partial charge < -0.3 is 0 Å². The number of aromatic nitrogens is 1. The second-order valence-corrected chi connectivity index (χ2v) is 4.91. The number of hydrogen-bond donors (Lipinski definition) is 0. The van der Waals surface area contributed by atoms with Crippen molar-refractivity contribution in [2.75, 3.05) is 0 Å². The Kier molecular flexibility index (Phi) is 3.80. The monoisotopic (exact) mass is 279 g/mol. The lowest BCUT2D eigenvalue weighted by atomic mass is 10.4. The van der Waals surface area contributed by atoms with Gasteiger partial charge in [0.2, 0.25) is 0 Å². The minimum Gasteiger partial charge on any atom is -0.245 e. The van der Waals surface area contributed by atoms with Gasteiger partial charge in [0.1, 0.15) is 4.60 Å². The van der Waals surface area contributed by atoms with Gasteiger partial charge in [-0.3, -0.25) is 0 Å². The first kappa shape index (κ1) is 10.7. The average Bonchev–Trinajstić information content (AvgIpc) is 2.28. The quantitative estimate of drug-likeness (QED) is 0.619. The van der Waals surface area contributed by atoms with Crippen LogP contribution in [0.4, 0.5) is 0 Å². The molecule has 15 heavy (non-hydrogen) atoms. The molecule has 0 amide bonds. The number of rotatable bonds is 3. The van der Waals surface area contributed by atoms with Crippen LogP contribution >= 0.6 is 27.7 Å². The molecule has 1 aromatic carbocycles. The highest BCUT2D eigenvalue weighted by atomic mass is 79.9. The summed E-state index contributed by atoms with van der Waals surface area (Å²) in [5.74, 6) is 0.906. The lowest BCUT2D eigenvalue weighted by molar-refractivity contribution is 1.14. The van der Waals surface area contributed by atoms with E-state index >= 15 is 0 Å². The van der Waals surface area contributed by atoms with Crippen molar-refractivity contribution in [1.82, 2.24) is 4.98 Å². The van der Waals surface area contributed by atoms with Crippen molar-refractivity contribution >= 4 is 27.7 Å². The molecule has 0 aliphatic heterocycles. The van der Waals surface area contributed by atoms with Gasteiger partial charge in [0, 0.05) is 10.6 Å². The highest BCUT2D eigenvalue weighted by Gasteiger charge is 1.97. The van der Waals surface area contributed by atoms with Crippen LogP contribution in [0, 0.1) is 0 Å². The third-order valence-corrected chi connectivity index (χ3v) is 3.39. The Balaban J connectivity index is 1.99. The summed E-state index contributed by atoms with van der Waals surface area (Å²) in [6, 6.07) is 16.4. The molecule has 0 atom stereocenters. The van der Waals surface area contributed by atoms with Crippen molar-refractivity contribution in [3.8, 4) is 0 Å². The summed E-state index contributed by atoms with van der Waals surface area (Å²) in [5, 5.41) is 0. The summed E-state index contributed by atoms with van der Waals surface area (Å²) in [5.41, 5.74) is 1.10. The predicted octanol–water partition coefficient (Wildman–Crippen LogP) is 4.14. The van der Waals surface area contributed by atoms with Crippen LogP contribution < -0.4 is 0 Å². The molecular weight excluding hydrogens is 270 g/mol. The van der Waals surface area contributed by atoms with E-state index in [0.717, 1.165) is 16.0 Å². The Morgan fingerprint density at radius 2 is 1.80 bits per heavy atom. The zero-order valence-corrected chi connectivity index (χ0v) is 10.5. The molecule has 1 heterocycles. The summed E-state index contributed by atoms with van der Waals surface area (Å²) >= 11 is 5.17. The standard InChI is InChI=1S/C12H10BrNS/c13-12-8-4-5-10(14-12)9-15-11-6-2-1-3-7-11/h1-8H,9H2. The zero-order valence-electron chi connectivity index (χ0n) is 8.06. The van der Waals surface area contributed by atoms with E-state index in [4.69, 9.17) is 0 Å². The van der Waals surface area contributed by atoms with Gasteiger partial charge in [-0.05, 0) is 40.2 Å². The fraction of sp³-hybridized carbons (Fsp3) is 0.0833. The predicted molar refractivity (Wildman–Crippen MR) is 67.9 cm³/mol. The molecule has 0 aliphatic carbocycles. The smallest absolute Gasteiger partial charge is 0.106 e. The summed E-state index contributed by atoms with van der Waals surface area (Å²) in [7, 11) is 0. The molecular formula is C12H10BrNS. The van der Waals surface area contributed by atoms with Gasteiger partial charge in [-0.15, -0.1) is 11.8 Å². The van der Waals surface area contributed by atoms with Crippen molar-refractivity contribution in [2.45, 2.75) is 10.6 Å². The van der Waals surface area contributed by atoms with Crippen LogP contribution in [0.1, 0.15) is 5.69 Å². The van der Waals surface area contributed by atoms with E-state index in [0.29, 0.717) is 0 Å². The maximum atomic E-state index is 4.38. The number of benzene rings is 1. The molecule has 0 N–H and O–H groups in total. The molecule has 1 aromatic heterocycles. The van der Waals surface area contributed by atoms with Crippen molar-refractivity contribution < 1.29 is 0 Å². The van der Waals surface area contributed by atoms with Crippen LogP contribution in [0.5, 0.6) is 0 Å². The molecule has 2 aromatic rings. The van der Waals surface area contributed by atoms with Crippen molar-refractivity contribution in [3.63, 3.8) is 0 Å². The Morgan fingerprint density at radius 3 is 2.53 bits per heavy atom. The molecule has 0 fully saturated rings. The van der Waals surface area contributed by atoms with E-state index in [-0.39, 0.29) is 0 Å². The zero-order chi connectivity index (χ0) is 10.5. The second kappa shape index (κ2) is 5.33. The van der Waals surface area contributed by atoms with Gasteiger partial charge in [-0.25, -0.2) is 4.98 Å². The molecule has 0 spiro atoms. The van der Waals surface area contributed by atoms with Crippen molar-refractivity contribution in [1.29, 1.82) is 0 Å². The molecule has 0 aliphatic rings. The van der Waals surface area contributed by atoms with E-state index < -0.39 is 0 Å². The number of hydrogen-bond acceptors (Lipinski definition) is 2. The minimum absolute atomic E-state index is 0.897. The summed E-state index contributed by atoms with van der Waals surface area (Å²) in [6.45, 7) is 0. The summed E-state index contributed by atoms with van der Waals surface area (Å²) in [4.78, 5) is 5.66. The van der Waals surface area contributed by atoms with Gasteiger partial charge >= 0.3 is 0 Å². The normalized spacial score (nSPS) is 10.2. The Bertz CT molecular complexity index is 431. The molecule has 1 nitrogen and oxygen atoms in total. The van der Waals surface area contributed by atoms with E-state index in [2.05, 4.69) is 45.2 Å². The van der Waals surface area contributed by atoms with E-state index in [9.17, 15) is 0 Å². The Morgan fingerprint density at radius 1 is 1.00 bits per heavy atom. The number of pyridine rings is 1. The molecule has 0 unspecified atom stereocenters. The number of nitrogens with zero attached hydrogens (tertiary/aromatic N) is 1. The molecule has 76 valence electrons. The van der Waals surface area contributed by atoms with E-state index in [1.54, 1.807) is 11.8 Å². The molecule has 0 radical (unpaired) electrons. The fourth-order valence-electron chi connectivity index (χ4n) is 1.20. The van der Waals surface area contributed by atoms with Gasteiger partial charge in [0.05, 0.1) is 5.69 Å². The lowest BCUT2D eigenvalue weighted by Gasteiger charge is -2.01.